The summed E-state index contributed by atoms with van der Waals surface area (Å²) in [6, 6.07) is 20.1. The third-order valence-corrected chi connectivity index (χ3v) is 5.93. The topological polar surface area (TPSA) is 62.1 Å². The van der Waals surface area contributed by atoms with Gasteiger partial charge < -0.3 is 14.0 Å². The molecule has 0 fully saturated rings. The Bertz CT molecular complexity index is 1360. The van der Waals surface area contributed by atoms with Gasteiger partial charge in [0.1, 0.15) is 16.2 Å². The number of hydrogen-bond donors (Lipinski definition) is 0. The normalized spacial score (nSPS) is 12.5. The van der Waals surface area contributed by atoms with E-state index in [1.54, 1.807) is 17.5 Å². The van der Waals surface area contributed by atoms with E-state index in [1.807, 2.05) is 53.9 Å². The fraction of sp³-hybridized carbons (Fsp3) is 0.0870. The highest BCUT2D eigenvalue weighted by Crippen LogP contribution is 2.37. The van der Waals surface area contributed by atoms with Gasteiger partial charge in [-0.3, -0.25) is 0 Å². The fourth-order valence-corrected chi connectivity index (χ4v) is 4.40. The Labute approximate surface area is 176 Å². The molecule has 6 rings (SSSR count). The first-order chi connectivity index (χ1) is 14.8. The zero-order valence-electron chi connectivity index (χ0n) is 15.9. The molecular formula is C23H16N4O2S. The molecule has 0 saturated heterocycles. The highest BCUT2D eigenvalue weighted by atomic mass is 32.1. The summed E-state index contributed by atoms with van der Waals surface area (Å²) in [5, 5.41) is 2.96. The monoisotopic (exact) mass is 412 g/mol. The molecule has 0 N–H and O–H groups in total. The standard InChI is InChI=1S/C23H16N4O2S/c1-2-5-15(6-3-1)12-27-21-17(7-4-10-24-21)25-22(27)18-13-30-23(26-18)16-8-9-19-20(11-16)29-14-28-19/h1-11,13H,12,14H2. The minimum atomic E-state index is 0.262. The maximum Gasteiger partial charge on any atom is 0.231 e. The molecule has 1 aliphatic heterocycles. The van der Waals surface area contributed by atoms with Crippen molar-refractivity contribution in [2.75, 3.05) is 6.79 Å². The van der Waals surface area contributed by atoms with Crippen LogP contribution in [-0.4, -0.2) is 26.3 Å². The zero-order valence-corrected chi connectivity index (χ0v) is 16.7. The molecular weight excluding hydrogens is 396 g/mol. The Hall–Kier alpha value is -3.71. The Kier molecular flexibility index (Phi) is 3.99. The van der Waals surface area contributed by atoms with Gasteiger partial charge in [0, 0.05) is 17.1 Å². The lowest BCUT2D eigenvalue weighted by atomic mass is 10.2. The van der Waals surface area contributed by atoms with Crippen LogP contribution in [0.3, 0.4) is 0 Å². The van der Waals surface area contributed by atoms with Gasteiger partial charge in [0.15, 0.2) is 23.0 Å². The van der Waals surface area contributed by atoms with Crippen molar-refractivity contribution in [2.45, 2.75) is 6.54 Å². The maximum absolute atomic E-state index is 5.51. The summed E-state index contributed by atoms with van der Waals surface area (Å²) >= 11 is 1.59. The summed E-state index contributed by atoms with van der Waals surface area (Å²) in [5.74, 6) is 2.34. The van der Waals surface area contributed by atoms with Gasteiger partial charge in [-0.25, -0.2) is 15.0 Å². The first-order valence-corrected chi connectivity index (χ1v) is 10.4. The van der Waals surface area contributed by atoms with Crippen molar-refractivity contribution in [3.05, 3.63) is 77.8 Å². The summed E-state index contributed by atoms with van der Waals surface area (Å²) in [6.07, 6.45) is 1.80. The van der Waals surface area contributed by atoms with Crippen LogP contribution < -0.4 is 9.47 Å². The molecule has 2 aromatic carbocycles. The number of thiazole rings is 1. The van der Waals surface area contributed by atoms with Crippen LogP contribution >= 0.6 is 11.3 Å². The molecule has 0 unspecified atom stereocenters. The predicted octanol–water partition coefficient (Wildman–Crippen LogP) is 5.00. The van der Waals surface area contributed by atoms with E-state index in [0.29, 0.717) is 6.54 Å². The Morgan fingerprint density at radius 3 is 2.77 bits per heavy atom. The molecule has 0 radical (unpaired) electrons. The number of benzene rings is 2. The number of hydrogen-bond acceptors (Lipinski definition) is 6. The zero-order chi connectivity index (χ0) is 19.9. The lowest BCUT2D eigenvalue weighted by molar-refractivity contribution is 0.174. The molecule has 0 atom stereocenters. The molecule has 6 nitrogen and oxygen atoms in total. The van der Waals surface area contributed by atoms with Crippen LogP contribution in [0.15, 0.2) is 72.2 Å². The minimum absolute atomic E-state index is 0.262. The second-order valence-electron chi connectivity index (χ2n) is 6.96. The number of aromatic nitrogens is 4. The summed E-state index contributed by atoms with van der Waals surface area (Å²) in [6.45, 7) is 0.943. The maximum atomic E-state index is 5.51. The molecule has 0 aliphatic carbocycles. The van der Waals surface area contributed by atoms with Crippen LogP contribution in [0, 0.1) is 0 Å². The highest BCUT2D eigenvalue weighted by Gasteiger charge is 2.19. The van der Waals surface area contributed by atoms with Gasteiger partial charge in [0.25, 0.3) is 0 Å². The lowest BCUT2D eigenvalue weighted by Gasteiger charge is -2.07. The molecule has 4 heterocycles. The molecule has 0 bridgehead atoms. The quantitative estimate of drug-likeness (QED) is 0.416. The van der Waals surface area contributed by atoms with Gasteiger partial charge in [-0.1, -0.05) is 30.3 Å². The van der Waals surface area contributed by atoms with Gasteiger partial charge >= 0.3 is 0 Å². The van der Waals surface area contributed by atoms with Crippen molar-refractivity contribution in [3.63, 3.8) is 0 Å². The first-order valence-electron chi connectivity index (χ1n) is 9.56. The summed E-state index contributed by atoms with van der Waals surface area (Å²) in [4.78, 5) is 14.3. The van der Waals surface area contributed by atoms with Gasteiger partial charge in [0.05, 0.1) is 6.54 Å². The number of ether oxygens (including phenoxy) is 2. The Morgan fingerprint density at radius 2 is 1.83 bits per heavy atom. The highest BCUT2D eigenvalue weighted by molar-refractivity contribution is 7.13. The van der Waals surface area contributed by atoms with Crippen molar-refractivity contribution in [1.82, 2.24) is 19.5 Å². The number of pyridine rings is 1. The molecule has 3 aromatic heterocycles. The SMILES string of the molecule is c1ccc(Cn2c(-c3csc(-c4ccc5c(c4)OCO5)n3)nc3cccnc32)cc1. The van der Waals surface area contributed by atoms with E-state index in [-0.39, 0.29) is 6.79 Å². The first kappa shape index (κ1) is 17.2. The largest absolute Gasteiger partial charge is 0.454 e. The third-order valence-electron chi connectivity index (χ3n) is 5.04. The van der Waals surface area contributed by atoms with Crippen LogP contribution in [0.1, 0.15) is 5.56 Å². The molecule has 0 saturated carbocycles. The summed E-state index contributed by atoms with van der Waals surface area (Å²) < 4.78 is 13.0. The molecule has 146 valence electrons. The van der Waals surface area contributed by atoms with Crippen LogP contribution in [0.2, 0.25) is 0 Å². The average molecular weight is 412 g/mol. The third kappa shape index (κ3) is 2.91. The van der Waals surface area contributed by atoms with E-state index in [1.165, 1.54) is 5.56 Å². The summed E-state index contributed by atoms with van der Waals surface area (Å²) in [7, 11) is 0. The van der Waals surface area contributed by atoms with Crippen LogP contribution in [0.25, 0.3) is 33.3 Å². The summed E-state index contributed by atoms with van der Waals surface area (Å²) in [5.41, 5.74) is 4.74. The molecule has 7 heteroatoms. The second kappa shape index (κ2) is 6.96. The molecule has 0 spiro atoms. The van der Waals surface area contributed by atoms with E-state index < -0.39 is 0 Å². The van der Waals surface area contributed by atoms with E-state index >= 15 is 0 Å². The van der Waals surface area contributed by atoms with Crippen molar-refractivity contribution in [2.24, 2.45) is 0 Å². The van der Waals surface area contributed by atoms with Crippen molar-refractivity contribution in [3.8, 4) is 33.6 Å². The van der Waals surface area contributed by atoms with Crippen molar-refractivity contribution in [1.29, 1.82) is 0 Å². The van der Waals surface area contributed by atoms with Gasteiger partial charge in [0.2, 0.25) is 6.79 Å². The van der Waals surface area contributed by atoms with E-state index in [2.05, 4.69) is 21.7 Å². The van der Waals surface area contributed by atoms with Crippen LogP contribution in [-0.2, 0) is 6.54 Å². The smallest absolute Gasteiger partial charge is 0.231 e. The van der Waals surface area contributed by atoms with E-state index in [0.717, 1.165) is 44.8 Å². The molecule has 0 amide bonds. The Balaban J connectivity index is 1.44. The van der Waals surface area contributed by atoms with Gasteiger partial charge in [-0.2, -0.15) is 0 Å². The van der Waals surface area contributed by atoms with Crippen LogP contribution in [0.5, 0.6) is 11.5 Å². The van der Waals surface area contributed by atoms with E-state index in [9.17, 15) is 0 Å². The average Bonchev–Trinajstić information content (AvgIpc) is 3.52. The minimum Gasteiger partial charge on any atom is -0.454 e. The van der Waals surface area contributed by atoms with Gasteiger partial charge in [-0.05, 0) is 35.9 Å². The van der Waals surface area contributed by atoms with E-state index in [4.69, 9.17) is 19.4 Å². The van der Waals surface area contributed by atoms with Crippen molar-refractivity contribution < 1.29 is 9.47 Å². The number of imidazole rings is 1. The van der Waals surface area contributed by atoms with Crippen molar-refractivity contribution >= 4 is 22.5 Å². The predicted molar refractivity (Wildman–Crippen MR) is 116 cm³/mol. The molecule has 30 heavy (non-hydrogen) atoms. The number of rotatable bonds is 4. The van der Waals surface area contributed by atoms with Crippen LogP contribution in [0.4, 0.5) is 0 Å². The van der Waals surface area contributed by atoms with Gasteiger partial charge in [-0.15, -0.1) is 11.3 Å². The molecule has 1 aliphatic rings. The molecule has 5 aromatic rings. The fourth-order valence-electron chi connectivity index (χ4n) is 3.61. The number of fused-ring (bicyclic) bond motifs is 2. The number of nitrogens with zero attached hydrogens (tertiary/aromatic N) is 4. The Morgan fingerprint density at radius 1 is 0.933 bits per heavy atom. The second-order valence-corrected chi connectivity index (χ2v) is 7.82. The lowest BCUT2D eigenvalue weighted by Crippen LogP contribution is -2.03.